The zero-order valence-electron chi connectivity index (χ0n) is 14.4. The van der Waals surface area contributed by atoms with Crippen molar-refractivity contribution in [2.45, 2.75) is 65.4 Å². The van der Waals surface area contributed by atoms with Gasteiger partial charge in [0.05, 0.1) is 6.10 Å². The number of Topliss-reactive ketones (excluding diaryl/α,β-unsaturated/α-hetero) is 1. The van der Waals surface area contributed by atoms with Crippen LogP contribution in [0.4, 0.5) is 0 Å². The van der Waals surface area contributed by atoms with Gasteiger partial charge in [0.2, 0.25) is 0 Å². The topological polar surface area (TPSA) is 57.5 Å². The van der Waals surface area contributed by atoms with E-state index >= 15 is 0 Å². The molecule has 0 radical (unpaired) electrons. The highest BCUT2D eigenvalue weighted by Gasteiger charge is 2.58. The van der Waals surface area contributed by atoms with Crippen molar-refractivity contribution in [2.24, 2.45) is 28.1 Å². The lowest BCUT2D eigenvalue weighted by Gasteiger charge is -2.61. The number of fused-ring (bicyclic) bond motifs is 3. The third kappa shape index (κ3) is 2.55. The molecule has 3 nitrogen and oxygen atoms in total. The zero-order chi connectivity index (χ0) is 17.0. The van der Waals surface area contributed by atoms with Gasteiger partial charge in [-0.3, -0.25) is 4.79 Å². The first-order valence-electron chi connectivity index (χ1n) is 8.84. The normalized spacial score (nSPS) is 48.2. The Labute approximate surface area is 144 Å². The van der Waals surface area contributed by atoms with Gasteiger partial charge in [-0.25, -0.2) is 0 Å². The second-order valence-corrected chi connectivity index (χ2v) is 9.29. The van der Waals surface area contributed by atoms with Crippen molar-refractivity contribution in [3.63, 3.8) is 0 Å². The highest BCUT2D eigenvalue weighted by atomic mass is 35.5. The van der Waals surface area contributed by atoms with E-state index in [2.05, 4.69) is 20.8 Å². The van der Waals surface area contributed by atoms with Gasteiger partial charge in [0.25, 0.3) is 0 Å². The highest BCUT2D eigenvalue weighted by Crippen LogP contribution is 2.65. The summed E-state index contributed by atoms with van der Waals surface area (Å²) in [4.78, 5) is 12.1. The third-order valence-corrected chi connectivity index (χ3v) is 7.89. The number of hydrogen-bond acceptors (Lipinski definition) is 3. The summed E-state index contributed by atoms with van der Waals surface area (Å²) in [6.07, 6.45) is 6.86. The Morgan fingerprint density at radius 1 is 1.30 bits per heavy atom. The molecule has 130 valence electrons. The summed E-state index contributed by atoms with van der Waals surface area (Å²) in [5.41, 5.74) is -0.0934. The molecule has 6 atom stereocenters. The predicted octanol–water partition coefficient (Wildman–Crippen LogP) is 4.23. The van der Waals surface area contributed by atoms with Crippen LogP contribution < -0.4 is 0 Å². The summed E-state index contributed by atoms with van der Waals surface area (Å²) in [7, 11) is 0. The Balaban J connectivity index is 1.91. The molecular weight excluding hydrogens is 312 g/mol. The summed E-state index contributed by atoms with van der Waals surface area (Å²) >= 11 is 5.92. The van der Waals surface area contributed by atoms with Crippen molar-refractivity contribution in [1.29, 1.82) is 0 Å². The number of alkyl halides is 1. The Bertz CT molecular complexity index is 545. The second kappa shape index (κ2) is 5.49. The van der Waals surface area contributed by atoms with Crippen LogP contribution in [0, 0.1) is 28.1 Å². The molecule has 2 saturated carbocycles. The number of carbonyl (C=O) groups is 1. The Morgan fingerprint density at radius 3 is 2.65 bits per heavy atom. The molecule has 0 aromatic rings. The van der Waals surface area contributed by atoms with E-state index in [1.54, 1.807) is 0 Å². The number of allylic oxidation sites excluding steroid dienone is 2. The number of ketones is 1. The Morgan fingerprint density at radius 2 is 2.00 bits per heavy atom. The van der Waals surface area contributed by atoms with Crippen LogP contribution in [0.3, 0.4) is 0 Å². The first-order chi connectivity index (χ1) is 10.6. The minimum absolute atomic E-state index is 0.0380. The lowest BCUT2D eigenvalue weighted by atomic mass is 9.43. The summed E-state index contributed by atoms with van der Waals surface area (Å²) in [5.74, 6) is 0.942. The van der Waals surface area contributed by atoms with E-state index in [-0.39, 0.29) is 39.6 Å². The monoisotopic (exact) mass is 340 g/mol. The number of hydrogen-bond donors (Lipinski definition) is 2. The molecule has 2 fully saturated rings. The number of aliphatic hydroxyl groups excluding tert-OH is 2. The van der Waals surface area contributed by atoms with E-state index in [9.17, 15) is 15.0 Å². The molecule has 1 unspecified atom stereocenters. The van der Waals surface area contributed by atoms with Crippen molar-refractivity contribution in [1.82, 2.24) is 0 Å². The van der Waals surface area contributed by atoms with E-state index in [1.165, 1.54) is 0 Å². The van der Waals surface area contributed by atoms with E-state index < -0.39 is 6.10 Å². The van der Waals surface area contributed by atoms with Crippen molar-refractivity contribution < 1.29 is 15.0 Å². The van der Waals surface area contributed by atoms with Gasteiger partial charge in [-0.05, 0) is 66.3 Å². The SMILES string of the molecule is C[C@]1(C(O)CCl)CC[C@@]2(C)[C@@H](CC[C@]3(C)C=C(O)C(=O)C[C@H]23)C1. The van der Waals surface area contributed by atoms with Crippen molar-refractivity contribution in [3.8, 4) is 0 Å². The average molecular weight is 341 g/mol. The van der Waals surface area contributed by atoms with Gasteiger partial charge in [0, 0.05) is 12.3 Å². The number of aliphatic hydroxyl groups is 2. The number of carbonyl (C=O) groups excluding carboxylic acids is 1. The minimum Gasteiger partial charge on any atom is -0.505 e. The molecule has 0 amide bonds. The molecule has 0 aromatic heterocycles. The van der Waals surface area contributed by atoms with Gasteiger partial charge >= 0.3 is 0 Å². The second-order valence-electron chi connectivity index (χ2n) is 8.98. The first kappa shape index (κ1) is 17.3. The summed E-state index contributed by atoms with van der Waals surface area (Å²) in [5, 5.41) is 20.3. The molecule has 0 bridgehead atoms. The molecule has 0 spiro atoms. The molecule has 0 aromatic carbocycles. The van der Waals surface area contributed by atoms with E-state index in [0.29, 0.717) is 12.3 Å². The number of rotatable bonds is 2. The Hall–Kier alpha value is -0.540. The maximum absolute atomic E-state index is 12.1. The lowest BCUT2D eigenvalue weighted by molar-refractivity contribution is -0.139. The predicted molar refractivity (Wildman–Crippen MR) is 91.4 cm³/mol. The fourth-order valence-corrected chi connectivity index (χ4v) is 6.14. The average Bonchev–Trinajstić information content (AvgIpc) is 2.50. The van der Waals surface area contributed by atoms with Crippen LogP contribution in [0.5, 0.6) is 0 Å². The maximum atomic E-state index is 12.1. The lowest BCUT2D eigenvalue weighted by Crippen LogP contribution is -2.55. The molecular formula is C19H29ClO3. The van der Waals surface area contributed by atoms with Gasteiger partial charge in [-0.2, -0.15) is 0 Å². The van der Waals surface area contributed by atoms with Crippen molar-refractivity contribution in [3.05, 3.63) is 11.8 Å². The van der Waals surface area contributed by atoms with E-state index in [0.717, 1.165) is 32.1 Å². The van der Waals surface area contributed by atoms with Gasteiger partial charge in [0.1, 0.15) is 0 Å². The van der Waals surface area contributed by atoms with Crippen LogP contribution in [0.15, 0.2) is 11.8 Å². The van der Waals surface area contributed by atoms with Crippen LogP contribution in [0.25, 0.3) is 0 Å². The van der Waals surface area contributed by atoms with Gasteiger partial charge < -0.3 is 10.2 Å². The molecule has 4 heteroatoms. The van der Waals surface area contributed by atoms with Crippen LogP contribution in [0.2, 0.25) is 0 Å². The van der Waals surface area contributed by atoms with Crippen molar-refractivity contribution >= 4 is 17.4 Å². The smallest absolute Gasteiger partial charge is 0.197 e. The summed E-state index contributed by atoms with van der Waals surface area (Å²) in [6.45, 7) is 6.68. The van der Waals surface area contributed by atoms with Gasteiger partial charge in [-0.1, -0.05) is 20.8 Å². The quantitative estimate of drug-likeness (QED) is 0.739. The van der Waals surface area contributed by atoms with Crippen LogP contribution in [-0.2, 0) is 4.79 Å². The molecule has 23 heavy (non-hydrogen) atoms. The fourth-order valence-electron chi connectivity index (χ4n) is 5.77. The van der Waals surface area contributed by atoms with Crippen LogP contribution >= 0.6 is 11.6 Å². The molecule has 0 saturated heterocycles. The minimum atomic E-state index is -0.459. The van der Waals surface area contributed by atoms with Crippen LogP contribution in [-0.4, -0.2) is 28.0 Å². The molecule has 3 aliphatic rings. The maximum Gasteiger partial charge on any atom is 0.197 e. The van der Waals surface area contributed by atoms with Gasteiger partial charge in [-0.15, -0.1) is 11.6 Å². The fraction of sp³-hybridized carbons (Fsp3) is 0.842. The molecule has 0 heterocycles. The standard InChI is InChI=1S/C19H29ClO3/c1-17-5-4-12-9-18(2,16(23)11-20)6-7-19(12,3)15(17)8-13(21)14(22)10-17/h10,12,15-16,22-23H,4-9,11H2,1-3H3/t12-,15-,16?,17+,18-,19-/m0/s1. The Kier molecular flexibility index (Phi) is 4.12. The highest BCUT2D eigenvalue weighted by molar-refractivity contribution is 6.18. The molecule has 3 rings (SSSR count). The van der Waals surface area contributed by atoms with E-state index in [1.807, 2.05) is 6.08 Å². The third-order valence-electron chi connectivity index (χ3n) is 7.60. The summed E-state index contributed by atoms with van der Waals surface area (Å²) in [6, 6.07) is 0. The van der Waals surface area contributed by atoms with Gasteiger partial charge in [0.15, 0.2) is 11.5 Å². The van der Waals surface area contributed by atoms with E-state index in [4.69, 9.17) is 11.6 Å². The molecule has 3 aliphatic carbocycles. The molecule has 0 aliphatic heterocycles. The first-order valence-corrected chi connectivity index (χ1v) is 9.37. The molecule has 2 N–H and O–H groups in total. The summed E-state index contributed by atoms with van der Waals surface area (Å²) < 4.78 is 0. The van der Waals surface area contributed by atoms with Crippen molar-refractivity contribution in [2.75, 3.05) is 5.88 Å². The number of halogens is 1. The zero-order valence-corrected chi connectivity index (χ0v) is 15.2. The largest absolute Gasteiger partial charge is 0.505 e. The van der Waals surface area contributed by atoms with Crippen LogP contribution in [0.1, 0.15) is 59.3 Å².